The first kappa shape index (κ1) is 12.4. The van der Waals surface area contributed by atoms with E-state index in [2.05, 4.69) is 0 Å². The van der Waals surface area contributed by atoms with Crippen LogP contribution in [0.3, 0.4) is 0 Å². The number of halogens is 1. The van der Waals surface area contributed by atoms with Crippen LogP contribution in [-0.4, -0.2) is 26.5 Å². The highest BCUT2D eigenvalue weighted by Gasteiger charge is 2.18. The Balaban J connectivity index is 3.25. The van der Waals surface area contributed by atoms with Crippen molar-refractivity contribution in [2.24, 2.45) is 0 Å². The number of anilines is 1. The lowest BCUT2D eigenvalue weighted by atomic mass is 10.2. The normalized spacial score (nSPS) is 11.1. The molecular weight excluding hydrogens is 239 g/mol. The molecule has 0 radical (unpaired) electrons. The number of rotatable bonds is 4. The molecule has 0 unspecified atom stereocenters. The van der Waals surface area contributed by atoms with Crippen LogP contribution in [0, 0.1) is 5.82 Å². The zero-order valence-electron chi connectivity index (χ0n) is 8.19. The number of aromatic carboxylic acids is 1. The summed E-state index contributed by atoms with van der Waals surface area (Å²) in [6.45, 7) is 0. The van der Waals surface area contributed by atoms with Gasteiger partial charge in [-0.15, -0.1) is 0 Å². The third kappa shape index (κ3) is 2.67. The Morgan fingerprint density at radius 3 is 2.56 bits per heavy atom. The Bertz CT molecular complexity index is 515. The van der Waals surface area contributed by atoms with Gasteiger partial charge in [-0.05, 0) is 12.1 Å². The van der Waals surface area contributed by atoms with Gasteiger partial charge in [0.05, 0.1) is 5.69 Å². The number of hydrogen-bond acceptors (Lipinski definition) is 3. The van der Waals surface area contributed by atoms with E-state index < -0.39 is 27.6 Å². The highest BCUT2D eigenvalue weighted by molar-refractivity contribution is 7.90. The highest BCUT2D eigenvalue weighted by Crippen LogP contribution is 2.19. The molecule has 0 heterocycles. The second-order valence-corrected chi connectivity index (χ2v) is 4.40. The van der Waals surface area contributed by atoms with E-state index in [1.54, 1.807) is 0 Å². The molecular formula is C8H9FN2O4S. The standard InChI is InChI=1S/C8H9FN2O4S/c1-10-16(14,15)11-6-4-2-3-5(9)7(6)8(12)13/h2-4,10-11H,1H3,(H,12,13). The van der Waals surface area contributed by atoms with Crippen LogP contribution in [0.1, 0.15) is 10.4 Å². The molecule has 1 rings (SSSR count). The number of nitrogens with one attached hydrogen (secondary N) is 2. The first-order valence-electron chi connectivity index (χ1n) is 4.10. The van der Waals surface area contributed by atoms with Crippen LogP contribution < -0.4 is 9.44 Å². The average molecular weight is 248 g/mol. The van der Waals surface area contributed by atoms with Gasteiger partial charge < -0.3 is 5.11 Å². The van der Waals surface area contributed by atoms with Crippen molar-refractivity contribution in [2.75, 3.05) is 11.8 Å². The molecule has 0 bridgehead atoms. The predicted octanol–water partition coefficient (Wildman–Crippen LogP) is 0.400. The fraction of sp³-hybridized carbons (Fsp3) is 0.125. The average Bonchev–Trinajstić information content (AvgIpc) is 2.16. The number of benzene rings is 1. The number of carbonyl (C=O) groups is 1. The highest BCUT2D eigenvalue weighted by atomic mass is 32.2. The predicted molar refractivity (Wildman–Crippen MR) is 55.0 cm³/mol. The van der Waals surface area contributed by atoms with Crippen molar-refractivity contribution in [3.05, 3.63) is 29.6 Å². The third-order valence-electron chi connectivity index (χ3n) is 1.74. The molecule has 8 heteroatoms. The van der Waals surface area contributed by atoms with Gasteiger partial charge in [0, 0.05) is 7.05 Å². The molecule has 1 aromatic rings. The Morgan fingerprint density at radius 1 is 1.44 bits per heavy atom. The summed E-state index contributed by atoms with van der Waals surface area (Å²) in [4.78, 5) is 10.7. The molecule has 6 nitrogen and oxygen atoms in total. The molecule has 16 heavy (non-hydrogen) atoms. The summed E-state index contributed by atoms with van der Waals surface area (Å²) in [6, 6.07) is 3.29. The van der Waals surface area contributed by atoms with Crippen LogP contribution in [0.15, 0.2) is 18.2 Å². The molecule has 88 valence electrons. The SMILES string of the molecule is CNS(=O)(=O)Nc1cccc(F)c1C(=O)O. The smallest absolute Gasteiger partial charge is 0.340 e. The van der Waals surface area contributed by atoms with Crippen molar-refractivity contribution in [1.29, 1.82) is 0 Å². The molecule has 0 aliphatic carbocycles. The van der Waals surface area contributed by atoms with E-state index in [1.807, 2.05) is 9.44 Å². The van der Waals surface area contributed by atoms with E-state index in [1.165, 1.54) is 6.07 Å². The minimum Gasteiger partial charge on any atom is -0.478 e. The molecule has 0 aliphatic rings. The minimum absolute atomic E-state index is 0.332. The lowest BCUT2D eigenvalue weighted by Crippen LogP contribution is -2.27. The Labute approximate surface area is 91.3 Å². The largest absolute Gasteiger partial charge is 0.478 e. The summed E-state index contributed by atoms with van der Waals surface area (Å²) < 4.78 is 39.2. The molecule has 1 aromatic carbocycles. The minimum atomic E-state index is -3.88. The quantitative estimate of drug-likeness (QED) is 0.718. The summed E-state index contributed by atoms with van der Waals surface area (Å²) >= 11 is 0. The van der Waals surface area contributed by atoms with Crippen LogP contribution in [0.25, 0.3) is 0 Å². The summed E-state index contributed by atoms with van der Waals surface area (Å²) in [5, 5.41) is 8.72. The third-order valence-corrected chi connectivity index (χ3v) is 2.77. The fourth-order valence-electron chi connectivity index (χ4n) is 1.02. The fourth-order valence-corrected chi connectivity index (χ4v) is 1.58. The Kier molecular flexibility index (Phi) is 3.45. The Hall–Kier alpha value is -1.67. The summed E-state index contributed by atoms with van der Waals surface area (Å²) in [6.07, 6.45) is 0. The van der Waals surface area contributed by atoms with Crippen molar-refractivity contribution in [1.82, 2.24) is 4.72 Å². The maximum Gasteiger partial charge on any atom is 0.340 e. The van der Waals surface area contributed by atoms with Gasteiger partial charge in [-0.25, -0.2) is 13.9 Å². The molecule has 0 saturated heterocycles. The van der Waals surface area contributed by atoms with Crippen molar-refractivity contribution in [3.8, 4) is 0 Å². The molecule has 0 aromatic heterocycles. The van der Waals surface area contributed by atoms with Gasteiger partial charge in [0.2, 0.25) is 0 Å². The molecule has 0 fully saturated rings. The van der Waals surface area contributed by atoms with Gasteiger partial charge >= 0.3 is 5.97 Å². The molecule has 0 atom stereocenters. The molecule has 3 N–H and O–H groups in total. The second kappa shape index (κ2) is 4.45. The van der Waals surface area contributed by atoms with Gasteiger partial charge in [-0.1, -0.05) is 6.07 Å². The van der Waals surface area contributed by atoms with E-state index in [-0.39, 0.29) is 5.69 Å². The maximum atomic E-state index is 13.1. The number of carboxylic acid groups (broad SMARTS) is 1. The number of carboxylic acids is 1. The van der Waals surface area contributed by atoms with E-state index in [0.717, 1.165) is 19.2 Å². The monoisotopic (exact) mass is 248 g/mol. The van der Waals surface area contributed by atoms with Gasteiger partial charge in [-0.3, -0.25) is 4.72 Å². The molecule has 0 aliphatic heterocycles. The molecule has 0 amide bonds. The van der Waals surface area contributed by atoms with Crippen LogP contribution in [0.5, 0.6) is 0 Å². The molecule has 0 spiro atoms. The summed E-state index contributed by atoms with van der Waals surface area (Å²) in [5.74, 6) is -2.56. The van der Waals surface area contributed by atoms with E-state index >= 15 is 0 Å². The maximum absolute atomic E-state index is 13.1. The lowest BCUT2D eigenvalue weighted by molar-refractivity contribution is 0.0693. The summed E-state index contributed by atoms with van der Waals surface area (Å²) in [7, 11) is -2.73. The van der Waals surface area contributed by atoms with Crippen LogP contribution in [-0.2, 0) is 10.2 Å². The van der Waals surface area contributed by atoms with E-state index in [9.17, 15) is 17.6 Å². The van der Waals surface area contributed by atoms with Crippen molar-refractivity contribution < 1.29 is 22.7 Å². The summed E-state index contributed by atoms with van der Waals surface area (Å²) in [5.41, 5.74) is -1.05. The van der Waals surface area contributed by atoms with Gasteiger partial charge in [0.1, 0.15) is 11.4 Å². The number of hydrogen-bond donors (Lipinski definition) is 3. The van der Waals surface area contributed by atoms with Crippen molar-refractivity contribution in [2.45, 2.75) is 0 Å². The Morgan fingerprint density at radius 2 is 2.06 bits per heavy atom. The lowest BCUT2D eigenvalue weighted by Gasteiger charge is -2.09. The van der Waals surface area contributed by atoms with Gasteiger partial charge in [0.15, 0.2) is 0 Å². The molecule has 0 saturated carbocycles. The van der Waals surface area contributed by atoms with Crippen LogP contribution >= 0.6 is 0 Å². The zero-order chi connectivity index (χ0) is 12.3. The van der Waals surface area contributed by atoms with Crippen LogP contribution in [0.2, 0.25) is 0 Å². The van der Waals surface area contributed by atoms with E-state index in [4.69, 9.17) is 5.11 Å². The van der Waals surface area contributed by atoms with Crippen molar-refractivity contribution in [3.63, 3.8) is 0 Å². The van der Waals surface area contributed by atoms with Crippen molar-refractivity contribution >= 4 is 21.9 Å². The second-order valence-electron chi connectivity index (χ2n) is 2.78. The van der Waals surface area contributed by atoms with Gasteiger partial charge in [-0.2, -0.15) is 8.42 Å². The van der Waals surface area contributed by atoms with Gasteiger partial charge in [0.25, 0.3) is 10.2 Å². The first-order chi connectivity index (χ1) is 7.37. The first-order valence-corrected chi connectivity index (χ1v) is 5.59. The van der Waals surface area contributed by atoms with E-state index in [0.29, 0.717) is 0 Å². The van der Waals surface area contributed by atoms with Crippen LogP contribution in [0.4, 0.5) is 10.1 Å². The topological polar surface area (TPSA) is 95.5 Å². The zero-order valence-corrected chi connectivity index (χ0v) is 9.01.